The first-order chi connectivity index (χ1) is 17.8. The van der Waals surface area contributed by atoms with E-state index in [4.69, 9.17) is 0 Å². The average molecular weight is 466 g/mol. The van der Waals surface area contributed by atoms with E-state index in [1.54, 1.807) is 0 Å². The molecule has 174 valence electrons. The smallest absolute Gasteiger partial charge is 0.256 e. The normalized spacial score (nSPS) is 10.5. The van der Waals surface area contributed by atoms with Crippen LogP contribution in [0.3, 0.4) is 0 Å². The lowest BCUT2D eigenvalue weighted by atomic mass is 9.36. The van der Waals surface area contributed by atoms with E-state index in [2.05, 4.69) is 77.4 Å². The minimum absolute atomic E-state index is 0.0322. The first kappa shape index (κ1) is 23.2. The topological polar surface area (TPSA) is 41.1 Å². The zero-order chi connectivity index (χ0) is 24.7. The Labute approximate surface area is 212 Å². The van der Waals surface area contributed by atoms with E-state index in [0.29, 0.717) is 5.56 Å². The van der Waals surface area contributed by atoms with Crippen molar-refractivity contribution in [3.8, 4) is 11.1 Å². The fraction of sp³-hybridized carbons (Fsp3) is 0.0312. The van der Waals surface area contributed by atoms with Gasteiger partial charge in [0.05, 0.1) is 11.4 Å². The van der Waals surface area contributed by atoms with Crippen molar-refractivity contribution in [3.63, 3.8) is 0 Å². The molecule has 1 amide bonds. The minimum Gasteiger partial charge on any atom is -0.386 e. The van der Waals surface area contributed by atoms with Crippen LogP contribution in [-0.4, -0.2) is 19.7 Å². The molecule has 2 N–H and O–H groups in total. The molecule has 3 nitrogen and oxygen atoms in total. The standard InChI is InChI=1S/C32H27BN2O/c1-34-30-22-12-13-23-31(30)35-32(36)28-20-9-8-18-26(28)27-19-10-11-21-29(27)33(24-14-4-2-5-15-24)25-16-6-3-7-17-25/h2-23,34H,1H3,(H,35,36). The Morgan fingerprint density at radius 1 is 0.556 bits per heavy atom. The summed E-state index contributed by atoms with van der Waals surface area (Å²) >= 11 is 0. The van der Waals surface area contributed by atoms with Crippen molar-refractivity contribution >= 4 is 40.4 Å². The summed E-state index contributed by atoms with van der Waals surface area (Å²) in [7, 11) is 1.85. The predicted octanol–water partition coefficient (Wildman–Crippen LogP) is 5.16. The maximum absolute atomic E-state index is 13.6. The third kappa shape index (κ3) is 4.80. The van der Waals surface area contributed by atoms with Gasteiger partial charge in [-0.25, -0.2) is 0 Å². The van der Waals surface area contributed by atoms with Crippen molar-refractivity contribution in [2.75, 3.05) is 17.7 Å². The zero-order valence-corrected chi connectivity index (χ0v) is 20.2. The molecule has 0 atom stereocenters. The third-order valence-corrected chi connectivity index (χ3v) is 6.44. The molecular weight excluding hydrogens is 439 g/mol. The summed E-state index contributed by atoms with van der Waals surface area (Å²) in [4.78, 5) is 13.6. The van der Waals surface area contributed by atoms with Crippen molar-refractivity contribution < 1.29 is 4.79 Å². The van der Waals surface area contributed by atoms with Gasteiger partial charge in [0.1, 0.15) is 0 Å². The molecule has 0 radical (unpaired) electrons. The summed E-state index contributed by atoms with van der Waals surface area (Å²) < 4.78 is 0. The number of carbonyl (C=O) groups excluding carboxylic acids is 1. The summed E-state index contributed by atoms with van der Waals surface area (Å²) in [5.74, 6) is -0.140. The maximum atomic E-state index is 13.6. The average Bonchev–Trinajstić information content (AvgIpc) is 2.95. The molecular formula is C32H27BN2O. The second-order valence-electron chi connectivity index (χ2n) is 8.64. The predicted molar refractivity (Wildman–Crippen MR) is 153 cm³/mol. The molecule has 0 saturated heterocycles. The van der Waals surface area contributed by atoms with Crippen LogP contribution in [0.4, 0.5) is 11.4 Å². The quantitative estimate of drug-likeness (QED) is 0.325. The lowest BCUT2D eigenvalue weighted by molar-refractivity contribution is 0.102. The lowest BCUT2D eigenvalue weighted by Gasteiger charge is -2.21. The van der Waals surface area contributed by atoms with Crippen molar-refractivity contribution in [1.82, 2.24) is 0 Å². The summed E-state index contributed by atoms with van der Waals surface area (Å²) in [6.07, 6.45) is 0. The molecule has 0 saturated carbocycles. The van der Waals surface area contributed by atoms with Crippen LogP contribution in [0.15, 0.2) is 133 Å². The van der Waals surface area contributed by atoms with Gasteiger partial charge >= 0.3 is 0 Å². The van der Waals surface area contributed by atoms with E-state index in [1.807, 2.05) is 73.8 Å². The largest absolute Gasteiger partial charge is 0.386 e. The molecule has 0 aliphatic rings. The summed E-state index contributed by atoms with van der Waals surface area (Å²) in [6.45, 7) is 0.0322. The van der Waals surface area contributed by atoms with Crippen molar-refractivity contribution in [3.05, 3.63) is 139 Å². The van der Waals surface area contributed by atoms with Crippen LogP contribution in [-0.2, 0) is 0 Å². The Morgan fingerprint density at radius 3 is 1.69 bits per heavy atom. The number of amides is 1. The highest BCUT2D eigenvalue weighted by molar-refractivity contribution is 6.96. The highest BCUT2D eigenvalue weighted by Crippen LogP contribution is 2.26. The first-order valence-electron chi connectivity index (χ1n) is 12.1. The van der Waals surface area contributed by atoms with E-state index in [9.17, 15) is 4.79 Å². The van der Waals surface area contributed by atoms with E-state index < -0.39 is 0 Å². The molecule has 0 heterocycles. The monoisotopic (exact) mass is 466 g/mol. The Balaban J connectivity index is 1.62. The van der Waals surface area contributed by atoms with Gasteiger partial charge in [0, 0.05) is 12.6 Å². The molecule has 0 spiro atoms. The number of benzene rings is 5. The SMILES string of the molecule is CNc1ccccc1NC(=O)c1ccccc1-c1ccccc1B(c1ccccc1)c1ccccc1. The summed E-state index contributed by atoms with van der Waals surface area (Å²) in [6, 6.07) is 45.0. The maximum Gasteiger partial charge on any atom is 0.256 e. The van der Waals surface area contributed by atoms with E-state index in [0.717, 1.165) is 28.0 Å². The van der Waals surface area contributed by atoms with Crippen LogP contribution >= 0.6 is 0 Å². The van der Waals surface area contributed by atoms with Crippen LogP contribution in [0.2, 0.25) is 0 Å². The van der Waals surface area contributed by atoms with Gasteiger partial charge in [0.2, 0.25) is 6.71 Å². The molecule has 36 heavy (non-hydrogen) atoms. The van der Waals surface area contributed by atoms with Crippen molar-refractivity contribution in [1.29, 1.82) is 0 Å². The lowest BCUT2D eigenvalue weighted by Crippen LogP contribution is -2.52. The van der Waals surface area contributed by atoms with Gasteiger partial charge in [-0.3, -0.25) is 4.79 Å². The van der Waals surface area contributed by atoms with Crippen LogP contribution in [0.5, 0.6) is 0 Å². The summed E-state index contributed by atoms with van der Waals surface area (Å²) in [5, 5.41) is 6.24. The Kier molecular flexibility index (Phi) is 6.95. The van der Waals surface area contributed by atoms with Gasteiger partial charge < -0.3 is 10.6 Å². The molecule has 0 fully saturated rings. The molecule has 0 unspecified atom stereocenters. The van der Waals surface area contributed by atoms with Crippen LogP contribution in [0, 0.1) is 0 Å². The second-order valence-corrected chi connectivity index (χ2v) is 8.64. The van der Waals surface area contributed by atoms with E-state index in [1.165, 1.54) is 10.9 Å². The van der Waals surface area contributed by atoms with Gasteiger partial charge in [0.25, 0.3) is 5.91 Å². The van der Waals surface area contributed by atoms with E-state index in [-0.39, 0.29) is 12.6 Å². The molecule has 0 bridgehead atoms. The van der Waals surface area contributed by atoms with Gasteiger partial charge in [-0.05, 0) is 29.3 Å². The fourth-order valence-electron chi connectivity index (χ4n) is 4.75. The Hall–Kier alpha value is -4.57. The van der Waals surface area contributed by atoms with Crippen LogP contribution in [0.25, 0.3) is 11.1 Å². The number of hydrogen-bond donors (Lipinski definition) is 2. The van der Waals surface area contributed by atoms with Gasteiger partial charge in [0.15, 0.2) is 0 Å². The molecule has 4 heteroatoms. The first-order valence-corrected chi connectivity index (χ1v) is 12.1. The second kappa shape index (κ2) is 10.8. The fourth-order valence-corrected chi connectivity index (χ4v) is 4.75. The number of anilines is 2. The van der Waals surface area contributed by atoms with Crippen molar-refractivity contribution in [2.24, 2.45) is 0 Å². The van der Waals surface area contributed by atoms with Crippen LogP contribution < -0.4 is 27.0 Å². The Morgan fingerprint density at radius 2 is 1.06 bits per heavy atom. The molecule has 5 aromatic carbocycles. The molecule has 5 rings (SSSR count). The number of rotatable bonds is 7. The molecule has 0 aliphatic heterocycles. The van der Waals surface area contributed by atoms with Crippen LogP contribution in [0.1, 0.15) is 10.4 Å². The number of para-hydroxylation sites is 2. The molecule has 5 aromatic rings. The van der Waals surface area contributed by atoms with Gasteiger partial charge in [-0.1, -0.05) is 132 Å². The van der Waals surface area contributed by atoms with Gasteiger partial charge in [-0.15, -0.1) is 0 Å². The summed E-state index contributed by atoms with van der Waals surface area (Å²) in [5.41, 5.74) is 7.78. The zero-order valence-electron chi connectivity index (χ0n) is 20.2. The van der Waals surface area contributed by atoms with Gasteiger partial charge in [-0.2, -0.15) is 0 Å². The Bertz CT molecular complexity index is 1430. The van der Waals surface area contributed by atoms with E-state index >= 15 is 0 Å². The number of carbonyl (C=O) groups is 1. The highest BCUT2D eigenvalue weighted by atomic mass is 16.1. The number of nitrogens with one attached hydrogen (secondary N) is 2. The third-order valence-electron chi connectivity index (χ3n) is 6.44. The minimum atomic E-state index is -0.140. The van der Waals surface area contributed by atoms with Crippen molar-refractivity contribution in [2.45, 2.75) is 0 Å². The number of hydrogen-bond acceptors (Lipinski definition) is 2. The highest BCUT2D eigenvalue weighted by Gasteiger charge is 2.25. The molecule has 0 aromatic heterocycles. The molecule has 0 aliphatic carbocycles.